The molecule has 12 aromatic rings. The number of anilines is 1. The molecule has 0 spiro atoms. The van der Waals surface area contributed by atoms with E-state index in [0.717, 1.165) is 116 Å². The zero-order valence-electron chi connectivity index (χ0n) is 60.1. The van der Waals surface area contributed by atoms with Crippen LogP contribution in [0.3, 0.4) is 0 Å². The molecule has 6 aromatic carbocycles. The Bertz CT molecular complexity index is 4860. The van der Waals surface area contributed by atoms with Gasteiger partial charge in [-0.15, -0.1) is 11.3 Å². The molecule has 534 valence electrons. The van der Waals surface area contributed by atoms with Crippen LogP contribution < -0.4 is 14.8 Å². The van der Waals surface area contributed by atoms with E-state index in [0.29, 0.717) is 49.5 Å². The third kappa shape index (κ3) is 18.1. The highest BCUT2D eigenvalue weighted by Gasteiger charge is 2.33. The summed E-state index contributed by atoms with van der Waals surface area (Å²) in [4.78, 5) is 37.4. The highest BCUT2D eigenvalue weighted by molar-refractivity contribution is 7.09. The first kappa shape index (κ1) is 73.2. The Morgan fingerprint density at radius 2 is 1.17 bits per heavy atom. The van der Waals surface area contributed by atoms with Crippen molar-refractivity contribution in [2.45, 2.75) is 181 Å². The maximum Gasteiger partial charge on any atom is 0.231 e. The maximum absolute atomic E-state index is 14.0. The van der Waals surface area contributed by atoms with E-state index in [4.69, 9.17) is 9.47 Å². The Morgan fingerprint density at radius 3 is 1.79 bits per heavy atom. The van der Waals surface area contributed by atoms with Crippen LogP contribution in [0.15, 0.2) is 188 Å². The number of nitrogens with one attached hydrogen (secondary N) is 1. The second-order valence-corrected chi connectivity index (χ2v) is 30.1. The fourth-order valence-electron chi connectivity index (χ4n) is 14.9. The highest BCUT2D eigenvalue weighted by Crippen LogP contribution is 2.41. The quantitative estimate of drug-likeness (QED) is 0.0604. The van der Waals surface area contributed by atoms with Gasteiger partial charge in [0.25, 0.3) is 0 Å². The summed E-state index contributed by atoms with van der Waals surface area (Å²) < 4.78 is 58.1. The average molecular weight is 1410 g/mol. The van der Waals surface area contributed by atoms with Gasteiger partial charge in [-0.1, -0.05) is 125 Å². The SMILES string of the molecule is CC(C)(O)c1c(Cc2ccccc2)c2ccc(OC3CCCC3)cc2n1C(=O)CCc1cncc(F)c1.Cc1c(Cc2cccs2)c2ccc(CO)cc2n1CCOc1cc(F)cc(F)c1.Cc1ccc(CCC(=O)n2c(C(C)(C)C)c(Cc3ccccc3)c3ccc(NC4CCCC4)cc32)cn1. The third-order valence-electron chi connectivity index (χ3n) is 19.7. The molecule has 2 aliphatic rings. The predicted octanol–water partition coefficient (Wildman–Crippen LogP) is 19.9. The number of fused-ring (bicyclic) bond motifs is 3. The fourth-order valence-corrected chi connectivity index (χ4v) is 15.6. The molecule has 6 heterocycles. The summed E-state index contributed by atoms with van der Waals surface area (Å²) in [6, 6.07) is 52.6. The van der Waals surface area contributed by atoms with Crippen molar-refractivity contribution >= 4 is 61.5 Å². The smallest absolute Gasteiger partial charge is 0.231 e. The summed E-state index contributed by atoms with van der Waals surface area (Å²) in [5.41, 5.74) is 14.6. The Balaban J connectivity index is 0.000000147. The highest BCUT2D eigenvalue weighted by atomic mass is 32.1. The van der Waals surface area contributed by atoms with E-state index in [1.165, 1.54) is 83.7 Å². The molecule has 0 radical (unpaired) electrons. The number of aliphatic hydroxyl groups is 2. The van der Waals surface area contributed by atoms with Gasteiger partial charge in [-0.2, -0.15) is 0 Å². The average Bonchev–Trinajstić information content (AvgIpc) is 1.60. The maximum atomic E-state index is 14.0. The first-order valence-corrected chi connectivity index (χ1v) is 37.0. The molecule has 3 N–H and O–H groups in total. The molecule has 6 aromatic heterocycles. The summed E-state index contributed by atoms with van der Waals surface area (Å²) in [6.07, 6.45) is 18.1. The van der Waals surface area contributed by atoms with Crippen molar-refractivity contribution in [3.63, 3.8) is 0 Å². The molecule has 2 fully saturated rings. The van der Waals surface area contributed by atoms with E-state index in [2.05, 4.69) is 120 Å². The molecule has 103 heavy (non-hydrogen) atoms. The van der Waals surface area contributed by atoms with Gasteiger partial charge < -0.3 is 29.6 Å². The van der Waals surface area contributed by atoms with Crippen molar-refractivity contribution in [3.8, 4) is 11.5 Å². The van der Waals surface area contributed by atoms with Crippen LogP contribution in [0.5, 0.6) is 11.5 Å². The molecule has 0 unspecified atom stereocenters. The zero-order valence-corrected chi connectivity index (χ0v) is 60.9. The first-order valence-electron chi connectivity index (χ1n) is 36.1. The lowest BCUT2D eigenvalue weighted by atomic mass is 9.86. The molecule has 2 saturated carbocycles. The Kier molecular flexibility index (Phi) is 23.3. The number of aryl methyl sites for hydroxylation is 3. The van der Waals surface area contributed by atoms with Gasteiger partial charge >= 0.3 is 0 Å². The summed E-state index contributed by atoms with van der Waals surface area (Å²) in [6.45, 7) is 14.9. The monoisotopic (exact) mass is 1410 g/mol. The van der Waals surface area contributed by atoms with Gasteiger partial charge in [-0.3, -0.25) is 28.7 Å². The first-order chi connectivity index (χ1) is 49.6. The number of rotatable bonds is 22. The number of thiophene rings is 1. The van der Waals surface area contributed by atoms with Crippen molar-refractivity contribution in [2.75, 3.05) is 11.9 Å². The van der Waals surface area contributed by atoms with E-state index in [9.17, 15) is 33.0 Å². The fraction of sp³-hybridized carbons (Fsp3) is 0.333. The van der Waals surface area contributed by atoms with Crippen LogP contribution >= 0.6 is 11.3 Å². The van der Waals surface area contributed by atoms with Crippen LogP contribution in [0, 0.1) is 31.3 Å². The molecule has 0 amide bonds. The number of nitrogens with zero attached hydrogens (tertiary/aromatic N) is 5. The van der Waals surface area contributed by atoms with Gasteiger partial charge in [0.05, 0.1) is 47.8 Å². The molecule has 14 rings (SSSR count). The number of hydrogen-bond acceptors (Lipinski definition) is 10. The third-order valence-corrected chi connectivity index (χ3v) is 20.6. The minimum absolute atomic E-state index is 0.0283. The van der Waals surface area contributed by atoms with Crippen molar-refractivity contribution in [1.82, 2.24) is 23.7 Å². The summed E-state index contributed by atoms with van der Waals surface area (Å²) in [5, 5.41) is 29.9. The normalized spacial score (nSPS) is 13.5. The Hall–Kier alpha value is -9.61. The van der Waals surface area contributed by atoms with Crippen molar-refractivity contribution in [1.29, 1.82) is 0 Å². The Morgan fingerprint density at radius 1 is 0.573 bits per heavy atom. The summed E-state index contributed by atoms with van der Waals surface area (Å²) in [5.74, 6) is -0.855. The predicted molar refractivity (Wildman–Crippen MR) is 408 cm³/mol. The number of benzene rings is 6. The zero-order chi connectivity index (χ0) is 72.4. The van der Waals surface area contributed by atoms with E-state index in [1.807, 2.05) is 90.5 Å². The van der Waals surface area contributed by atoms with E-state index in [-0.39, 0.29) is 48.7 Å². The number of ether oxygens (including phenoxy) is 2. The Labute approximate surface area is 606 Å². The second kappa shape index (κ2) is 32.8. The molecule has 0 aliphatic heterocycles. The molecule has 2 aliphatic carbocycles. The van der Waals surface area contributed by atoms with Gasteiger partial charge in [-0.25, -0.2) is 13.2 Å². The van der Waals surface area contributed by atoms with Crippen molar-refractivity contribution in [3.05, 3.63) is 277 Å². The molecule has 0 atom stereocenters. The number of aliphatic hydroxyl groups excluding tert-OH is 1. The summed E-state index contributed by atoms with van der Waals surface area (Å²) in [7, 11) is 0. The van der Waals surface area contributed by atoms with E-state index in [1.54, 1.807) is 35.9 Å². The van der Waals surface area contributed by atoms with E-state index < -0.39 is 23.1 Å². The lowest BCUT2D eigenvalue weighted by Gasteiger charge is -2.24. The number of carbonyl (C=O) groups is 2. The number of carbonyl (C=O) groups excluding carboxylic acids is 2. The van der Waals surface area contributed by atoms with Gasteiger partial charge in [0.1, 0.15) is 35.6 Å². The molecule has 16 heteroatoms. The minimum atomic E-state index is -1.27. The van der Waals surface area contributed by atoms with Crippen LogP contribution in [0.2, 0.25) is 0 Å². The van der Waals surface area contributed by atoms with E-state index >= 15 is 0 Å². The second-order valence-electron chi connectivity index (χ2n) is 29.1. The van der Waals surface area contributed by atoms with Crippen molar-refractivity contribution < 1.29 is 42.4 Å². The van der Waals surface area contributed by atoms with Crippen LogP contribution in [0.1, 0.15) is 181 Å². The van der Waals surface area contributed by atoms with Crippen molar-refractivity contribution in [2.24, 2.45) is 0 Å². The van der Waals surface area contributed by atoms with Crippen LogP contribution in [-0.4, -0.2) is 64.4 Å². The number of pyridine rings is 2. The lowest BCUT2D eigenvalue weighted by Crippen LogP contribution is -2.26. The van der Waals surface area contributed by atoms with Gasteiger partial charge in [-0.05, 0) is 190 Å². The van der Waals surface area contributed by atoms with Crippen LogP contribution in [-0.2, 0) is 56.3 Å². The van der Waals surface area contributed by atoms with Crippen LogP contribution in [0.25, 0.3) is 32.7 Å². The topological polar surface area (TPSA) is 146 Å². The van der Waals surface area contributed by atoms with Gasteiger partial charge in [0, 0.05) is 117 Å². The van der Waals surface area contributed by atoms with Gasteiger partial charge in [0.15, 0.2) is 0 Å². The summed E-state index contributed by atoms with van der Waals surface area (Å²) >= 11 is 1.72. The number of halogens is 3. The molecular formula is C87H93F3N6O6S. The number of hydrogen-bond donors (Lipinski definition) is 3. The lowest BCUT2D eigenvalue weighted by molar-refractivity contribution is 0.0641. The molecular weight excluding hydrogens is 1310 g/mol. The molecule has 12 nitrogen and oxygen atoms in total. The van der Waals surface area contributed by atoms with Gasteiger partial charge in [0.2, 0.25) is 11.8 Å². The standard InChI is InChI=1S/C33H39N3O.C31H33FN2O3.C23H21F2NO2S/c1-23-14-15-25(22-34-23)16-19-31(37)36-30-21-27(35-26-12-8-9-13-26)17-18-28(30)29(32(36)33(2,3)4)20-24-10-6-5-7-11-24;1-31(2,36)30-27(17-21-8-4-3-5-9-21)26-14-13-25(37-24-10-6-7-11-24)18-28(26)34(30)29(35)15-12-22-16-23(32)20-33-19-22;1-15-22(13-20-3-2-8-29-20)21-5-4-16(14-27)9-23(21)26(15)6-7-28-19-11-17(24)10-18(25)12-19/h5-7,10-11,14-15,17-18,21-22,26,35H,8-9,12-13,16,19-20H2,1-4H3;3-5,8-9,13-14,16,18-20,24,36H,6-7,10-12,15,17H2,1-2H3;2-5,8-12,27H,6-7,13-14H2,1H3. The minimum Gasteiger partial charge on any atom is -0.492 e. The molecule has 0 bridgehead atoms. The largest absolute Gasteiger partial charge is 0.492 e. The number of aromatic nitrogens is 5. The van der Waals surface area contributed by atoms with Crippen LogP contribution in [0.4, 0.5) is 18.9 Å². The molecule has 0 saturated heterocycles.